The van der Waals surface area contributed by atoms with Crippen molar-refractivity contribution < 1.29 is 9.90 Å². The summed E-state index contributed by atoms with van der Waals surface area (Å²) in [6, 6.07) is 3.65. The molecule has 0 amide bonds. The molecule has 2 rings (SSSR count). The fourth-order valence-corrected chi connectivity index (χ4v) is 3.06. The highest BCUT2D eigenvalue weighted by Crippen LogP contribution is 2.36. The van der Waals surface area contributed by atoms with Gasteiger partial charge in [-0.25, -0.2) is 4.79 Å². The van der Waals surface area contributed by atoms with Crippen molar-refractivity contribution in [3.63, 3.8) is 0 Å². The average molecular weight is 316 g/mol. The lowest BCUT2D eigenvalue weighted by Crippen LogP contribution is -2.15. The van der Waals surface area contributed by atoms with Crippen LogP contribution in [-0.4, -0.2) is 22.2 Å². The summed E-state index contributed by atoms with van der Waals surface area (Å²) in [5.41, 5.74) is 9.35. The van der Waals surface area contributed by atoms with Crippen molar-refractivity contribution in [2.45, 2.75) is 58.9 Å². The first kappa shape index (κ1) is 17.5. The van der Waals surface area contributed by atoms with Crippen LogP contribution >= 0.6 is 0 Å². The van der Waals surface area contributed by atoms with Crippen LogP contribution in [0.5, 0.6) is 0 Å². The largest absolute Gasteiger partial charge is 0.478 e. The Hall–Kier alpha value is -1.81. The summed E-state index contributed by atoms with van der Waals surface area (Å²) < 4.78 is 2.25. The van der Waals surface area contributed by atoms with Gasteiger partial charge in [0.1, 0.15) is 0 Å². The lowest BCUT2D eigenvalue weighted by molar-refractivity contribution is 0.0697. The molecule has 4 heteroatoms. The summed E-state index contributed by atoms with van der Waals surface area (Å²) in [7, 11) is 0. The van der Waals surface area contributed by atoms with Crippen LogP contribution in [0.1, 0.15) is 68.4 Å². The smallest absolute Gasteiger partial charge is 0.335 e. The maximum atomic E-state index is 11.6. The monoisotopic (exact) mass is 316 g/mol. The molecule has 4 nitrogen and oxygen atoms in total. The van der Waals surface area contributed by atoms with Gasteiger partial charge < -0.3 is 15.4 Å². The fourth-order valence-electron chi connectivity index (χ4n) is 3.06. The van der Waals surface area contributed by atoms with Crippen LogP contribution in [0.15, 0.2) is 18.3 Å². The molecule has 0 radical (unpaired) electrons. The third-order valence-corrected chi connectivity index (χ3v) is 4.28. The van der Waals surface area contributed by atoms with Crippen LogP contribution < -0.4 is 5.73 Å². The Kier molecular flexibility index (Phi) is 4.85. The Morgan fingerprint density at radius 2 is 1.96 bits per heavy atom. The van der Waals surface area contributed by atoms with E-state index in [1.54, 1.807) is 0 Å². The molecule has 1 heterocycles. The highest BCUT2D eigenvalue weighted by atomic mass is 16.4. The number of carboxylic acid groups (broad SMARTS) is 1. The van der Waals surface area contributed by atoms with Crippen molar-refractivity contribution >= 4 is 16.9 Å². The summed E-state index contributed by atoms with van der Waals surface area (Å²) in [6.07, 6.45) is 3.08. The lowest BCUT2D eigenvalue weighted by Gasteiger charge is -2.22. The van der Waals surface area contributed by atoms with Gasteiger partial charge in [-0.2, -0.15) is 0 Å². The molecular weight excluding hydrogens is 288 g/mol. The minimum atomic E-state index is -0.873. The first-order valence-electron chi connectivity index (χ1n) is 8.27. The van der Waals surface area contributed by atoms with Gasteiger partial charge in [0, 0.05) is 18.1 Å². The van der Waals surface area contributed by atoms with E-state index in [1.807, 2.05) is 12.1 Å². The first-order valence-corrected chi connectivity index (χ1v) is 8.27. The topological polar surface area (TPSA) is 68.2 Å². The Morgan fingerprint density at radius 1 is 1.30 bits per heavy atom. The molecule has 1 aromatic carbocycles. The molecule has 0 aliphatic heterocycles. The molecular formula is C19H28N2O2. The van der Waals surface area contributed by atoms with Crippen molar-refractivity contribution in [2.75, 3.05) is 6.54 Å². The molecule has 3 N–H and O–H groups in total. The van der Waals surface area contributed by atoms with Crippen LogP contribution in [0.4, 0.5) is 0 Å². The van der Waals surface area contributed by atoms with Gasteiger partial charge in [0.15, 0.2) is 0 Å². The quantitative estimate of drug-likeness (QED) is 0.872. The normalized spacial score (nSPS) is 12.3. The predicted octanol–water partition coefficient (Wildman–Crippen LogP) is 4.11. The molecule has 1 aromatic heterocycles. The maximum absolute atomic E-state index is 11.6. The van der Waals surface area contributed by atoms with Gasteiger partial charge in [-0.1, -0.05) is 34.6 Å². The van der Waals surface area contributed by atoms with Crippen molar-refractivity contribution in [1.82, 2.24) is 4.57 Å². The SMILES string of the molecule is CC(C)c1cn(CCCN)c2c(C(C)(C)C)cc(C(=O)O)cc12. The molecule has 0 unspecified atom stereocenters. The Labute approximate surface area is 138 Å². The van der Waals surface area contributed by atoms with Crippen LogP contribution in [0.2, 0.25) is 0 Å². The van der Waals surface area contributed by atoms with Crippen LogP contribution in [0.25, 0.3) is 10.9 Å². The van der Waals surface area contributed by atoms with E-state index in [0.717, 1.165) is 29.4 Å². The number of aryl methyl sites for hydroxylation is 1. The van der Waals surface area contributed by atoms with E-state index in [1.165, 1.54) is 5.56 Å². The summed E-state index contributed by atoms with van der Waals surface area (Å²) >= 11 is 0. The number of hydrogen-bond donors (Lipinski definition) is 2. The number of nitrogens with zero attached hydrogens (tertiary/aromatic N) is 1. The third kappa shape index (κ3) is 3.42. The maximum Gasteiger partial charge on any atom is 0.335 e. The number of aromatic carboxylic acids is 1. The van der Waals surface area contributed by atoms with E-state index in [0.29, 0.717) is 18.0 Å². The second-order valence-corrected chi connectivity index (χ2v) is 7.55. The highest BCUT2D eigenvalue weighted by molar-refractivity contribution is 5.97. The first-order chi connectivity index (χ1) is 10.7. The van der Waals surface area contributed by atoms with E-state index >= 15 is 0 Å². The van der Waals surface area contributed by atoms with Gasteiger partial charge in [0.2, 0.25) is 0 Å². The summed E-state index contributed by atoms with van der Waals surface area (Å²) in [5.74, 6) is -0.532. The standard InChI is InChI=1S/C19H28N2O2/c1-12(2)15-11-21(8-6-7-20)17-14(15)9-13(18(22)23)10-16(17)19(3,4)5/h9-12H,6-8,20H2,1-5H3,(H,22,23). The van der Waals surface area contributed by atoms with E-state index in [2.05, 4.69) is 45.4 Å². The Balaban J connectivity index is 2.85. The molecule has 0 fully saturated rings. The van der Waals surface area contributed by atoms with Gasteiger partial charge in [-0.15, -0.1) is 0 Å². The van der Waals surface area contributed by atoms with E-state index in [4.69, 9.17) is 5.73 Å². The average Bonchev–Trinajstić information content (AvgIpc) is 2.81. The second-order valence-electron chi connectivity index (χ2n) is 7.55. The zero-order chi connectivity index (χ0) is 17.4. The summed E-state index contributed by atoms with van der Waals surface area (Å²) in [6.45, 7) is 12.2. The number of carboxylic acids is 1. The van der Waals surface area contributed by atoms with Crippen LogP contribution in [-0.2, 0) is 12.0 Å². The van der Waals surface area contributed by atoms with Gasteiger partial charge >= 0.3 is 5.97 Å². The molecule has 0 aliphatic rings. The number of nitrogens with two attached hydrogens (primary N) is 1. The van der Waals surface area contributed by atoms with Gasteiger partial charge in [0.05, 0.1) is 11.1 Å². The van der Waals surface area contributed by atoms with Gasteiger partial charge in [-0.05, 0) is 47.6 Å². The number of rotatable bonds is 5. The Bertz CT molecular complexity index is 721. The molecule has 0 saturated carbocycles. The molecule has 2 aromatic rings. The van der Waals surface area contributed by atoms with Crippen LogP contribution in [0, 0.1) is 0 Å². The molecule has 126 valence electrons. The fraction of sp³-hybridized carbons (Fsp3) is 0.526. The van der Waals surface area contributed by atoms with Crippen molar-refractivity contribution in [1.29, 1.82) is 0 Å². The molecule has 23 heavy (non-hydrogen) atoms. The Morgan fingerprint density at radius 3 is 2.43 bits per heavy atom. The molecule has 0 aliphatic carbocycles. The molecule has 0 spiro atoms. The van der Waals surface area contributed by atoms with E-state index in [-0.39, 0.29) is 5.41 Å². The van der Waals surface area contributed by atoms with Crippen molar-refractivity contribution in [3.8, 4) is 0 Å². The number of aromatic nitrogens is 1. The molecule has 0 bridgehead atoms. The summed E-state index contributed by atoms with van der Waals surface area (Å²) in [4.78, 5) is 11.6. The number of benzene rings is 1. The number of hydrogen-bond acceptors (Lipinski definition) is 2. The zero-order valence-corrected chi connectivity index (χ0v) is 14.8. The van der Waals surface area contributed by atoms with Crippen molar-refractivity contribution in [2.24, 2.45) is 5.73 Å². The highest BCUT2D eigenvalue weighted by Gasteiger charge is 2.24. The molecule has 0 atom stereocenters. The minimum absolute atomic E-state index is 0.128. The predicted molar refractivity (Wildman–Crippen MR) is 95.4 cm³/mol. The van der Waals surface area contributed by atoms with Gasteiger partial charge in [-0.3, -0.25) is 0 Å². The summed E-state index contributed by atoms with van der Waals surface area (Å²) in [5, 5.41) is 10.5. The molecule has 0 saturated heterocycles. The lowest BCUT2D eigenvalue weighted by atomic mass is 9.84. The van der Waals surface area contributed by atoms with Crippen LogP contribution in [0.3, 0.4) is 0 Å². The van der Waals surface area contributed by atoms with E-state index in [9.17, 15) is 9.90 Å². The van der Waals surface area contributed by atoms with Gasteiger partial charge in [0.25, 0.3) is 0 Å². The minimum Gasteiger partial charge on any atom is -0.478 e. The number of carbonyl (C=O) groups is 1. The van der Waals surface area contributed by atoms with Crippen molar-refractivity contribution in [3.05, 3.63) is 35.0 Å². The second kappa shape index (κ2) is 6.36. The zero-order valence-electron chi connectivity index (χ0n) is 14.8. The third-order valence-electron chi connectivity index (χ3n) is 4.28. The van der Waals surface area contributed by atoms with E-state index < -0.39 is 5.97 Å². The number of fused-ring (bicyclic) bond motifs is 1.